The van der Waals surface area contributed by atoms with Gasteiger partial charge in [-0.2, -0.15) is 0 Å². The van der Waals surface area contributed by atoms with Crippen molar-refractivity contribution in [3.63, 3.8) is 0 Å². The first-order chi connectivity index (χ1) is 14.0. The summed E-state index contributed by atoms with van der Waals surface area (Å²) < 4.78 is 57.3. The fraction of sp³-hybridized carbons (Fsp3) is 0.316. The number of pyridine rings is 1. The number of aromatic nitrogens is 1. The zero-order valence-electron chi connectivity index (χ0n) is 16.4. The number of nitrogens with zero attached hydrogens (tertiary/aromatic N) is 2. The first-order valence-corrected chi connectivity index (χ1v) is 10.5. The van der Waals surface area contributed by atoms with E-state index in [0.29, 0.717) is 5.75 Å². The van der Waals surface area contributed by atoms with E-state index >= 15 is 0 Å². The summed E-state index contributed by atoms with van der Waals surface area (Å²) in [6, 6.07) is 3.60. The topological polar surface area (TPSA) is 124 Å². The number of ether oxygens (including phenoxy) is 1. The molecular formula is C19H20F2N4O4S. The molecule has 8 nitrogen and oxygen atoms in total. The SMILES string of the molecule is COc1ccc(C(=O)Nc2cc(F)c(F)c([C@@H]3CS(=O)(=O)C(C)(C)C(N)=N3)c2)nc1. The molecule has 2 aromatic rings. The Balaban J connectivity index is 1.95. The van der Waals surface area contributed by atoms with Crippen LogP contribution in [0.3, 0.4) is 0 Å². The van der Waals surface area contributed by atoms with Gasteiger partial charge in [-0.05, 0) is 32.0 Å². The van der Waals surface area contributed by atoms with Crippen molar-refractivity contribution >= 4 is 27.3 Å². The number of anilines is 1. The van der Waals surface area contributed by atoms with Gasteiger partial charge in [0.05, 0.1) is 25.1 Å². The largest absolute Gasteiger partial charge is 0.495 e. The molecule has 1 atom stereocenters. The van der Waals surface area contributed by atoms with E-state index in [1.807, 2.05) is 0 Å². The van der Waals surface area contributed by atoms with Gasteiger partial charge < -0.3 is 15.8 Å². The molecule has 0 radical (unpaired) electrons. The summed E-state index contributed by atoms with van der Waals surface area (Å²) in [5.74, 6) is -3.49. The van der Waals surface area contributed by atoms with E-state index in [-0.39, 0.29) is 22.8 Å². The lowest BCUT2D eigenvalue weighted by Gasteiger charge is -2.32. The second kappa shape index (κ2) is 7.63. The Morgan fingerprint density at radius 1 is 1.30 bits per heavy atom. The molecule has 3 rings (SSSR count). The lowest BCUT2D eigenvalue weighted by molar-refractivity contribution is 0.102. The first kappa shape index (κ1) is 21.6. The molecule has 0 unspecified atom stereocenters. The van der Waals surface area contributed by atoms with Gasteiger partial charge in [-0.3, -0.25) is 9.79 Å². The van der Waals surface area contributed by atoms with E-state index < -0.39 is 43.9 Å². The molecule has 2 heterocycles. The quantitative estimate of drug-likeness (QED) is 0.754. The second-order valence-corrected chi connectivity index (χ2v) is 9.80. The highest BCUT2D eigenvalue weighted by molar-refractivity contribution is 7.93. The highest BCUT2D eigenvalue weighted by atomic mass is 32.2. The highest BCUT2D eigenvalue weighted by Crippen LogP contribution is 2.34. The molecule has 0 saturated heterocycles. The summed E-state index contributed by atoms with van der Waals surface area (Å²) in [6.07, 6.45) is 1.33. The van der Waals surface area contributed by atoms with Crippen LogP contribution in [0.25, 0.3) is 0 Å². The predicted octanol–water partition coefficient (Wildman–Crippen LogP) is 2.23. The summed E-state index contributed by atoms with van der Waals surface area (Å²) in [5.41, 5.74) is 5.40. The maximum absolute atomic E-state index is 14.5. The van der Waals surface area contributed by atoms with E-state index in [0.717, 1.165) is 12.1 Å². The Labute approximate surface area is 172 Å². The van der Waals surface area contributed by atoms with E-state index in [9.17, 15) is 22.0 Å². The fourth-order valence-corrected chi connectivity index (χ4v) is 4.31. The number of halogens is 2. The summed E-state index contributed by atoms with van der Waals surface area (Å²) in [7, 11) is -2.33. The van der Waals surface area contributed by atoms with Crippen LogP contribution in [0.4, 0.5) is 14.5 Å². The van der Waals surface area contributed by atoms with Crippen molar-refractivity contribution in [3.8, 4) is 5.75 Å². The lowest BCUT2D eigenvalue weighted by Crippen LogP contribution is -2.50. The highest BCUT2D eigenvalue weighted by Gasteiger charge is 2.44. The van der Waals surface area contributed by atoms with Gasteiger partial charge in [-0.25, -0.2) is 22.2 Å². The number of hydrogen-bond acceptors (Lipinski definition) is 7. The standard InChI is InChI=1S/C19H20F2N4O4S/c1-19(2)18(22)25-15(9-30(19,27)28)12-6-10(7-13(20)16(12)21)24-17(26)14-5-4-11(29-3)8-23-14/h4-8,15H,9H2,1-3H3,(H2,22,25)(H,24,26)/t15-/m0/s1. The van der Waals surface area contributed by atoms with Crippen molar-refractivity contribution in [2.75, 3.05) is 18.2 Å². The van der Waals surface area contributed by atoms with E-state index in [1.165, 1.54) is 39.3 Å². The molecule has 11 heteroatoms. The van der Waals surface area contributed by atoms with E-state index in [4.69, 9.17) is 10.5 Å². The number of aliphatic imine (C=N–C) groups is 1. The van der Waals surface area contributed by atoms with Crippen LogP contribution in [0.5, 0.6) is 5.75 Å². The molecule has 0 bridgehead atoms. The number of amides is 1. The van der Waals surface area contributed by atoms with Crippen LogP contribution in [0.1, 0.15) is 35.9 Å². The molecule has 1 aliphatic heterocycles. The average Bonchev–Trinajstić information content (AvgIpc) is 2.68. The van der Waals surface area contributed by atoms with Gasteiger partial charge in [0.15, 0.2) is 21.5 Å². The molecule has 1 aromatic carbocycles. The van der Waals surface area contributed by atoms with Crippen molar-refractivity contribution in [1.29, 1.82) is 0 Å². The van der Waals surface area contributed by atoms with Gasteiger partial charge in [0.25, 0.3) is 5.91 Å². The number of nitrogens with one attached hydrogen (secondary N) is 1. The first-order valence-electron chi connectivity index (χ1n) is 8.82. The van der Waals surface area contributed by atoms with Crippen LogP contribution in [-0.4, -0.2) is 42.8 Å². The van der Waals surface area contributed by atoms with Crippen LogP contribution in [0, 0.1) is 11.6 Å². The number of benzene rings is 1. The van der Waals surface area contributed by atoms with Crippen LogP contribution >= 0.6 is 0 Å². The molecule has 1 aliphatic rings. The number of rotatable bonds is 4. The smallest absolute Gasteiger partial charge is 0.274 e. The molecule has 3 N–H and O–H groups in total. The van der Waals surface area contributed by atoms with Gasteiger partial charge in [0, 0.05) is 17.3 Å². The molecular weight excluding hydrogens is 418 g/mol. The van der Waals surface area contributed by atoms with Gasteiger partial charge in [0.1, 0.15) is 22.0 Å². The lowest BCUT2D eigenvalue weighted by atomic mass is 10.1. The number of amidine groups is 1. The van der Waals surface area contributed by atoms with Crippen LogP contribution in [0.2, 0.25) is 0 Å². The Morgan fingerprint density at radius 3 is 2.57 bits per heavy atom. The minimum Gasteiger partial charge on any atom is -0.495 e. The molecule has 0 aliphatic carbocycles. The molecule has 0 spiro atoms. The summed E-state index contributed by atoms with van der Waals surface area (Å²) in [4.78, 5) is 20.4. The van der Waals surface area contributed by atoms with Crippen molar-refractivity contribution in [1.82, 2.24) is 4.98 Å². The average molecular weight is 438 g/mol. The van der Waals surface area contributed by atoms with Crippen LogP contribution < -0.4 is 15.8 Å². The Bertz CT molecular complexity index is 1130. The number of sulfone groups is 1. The Hall–Kier alpha value is -3.08. The molecule has 30 heavy (non-hydrogen) atoms. The maximum atomic E-state index is 14.5. The molecule has 0 saturated carbocycles. The van der Waals surface area contributed by atoms with Gasteiger partial charge in [0.2, 0.25) is 0 Å². The minimum absolute atomic E-state index is 0.0198. The van der Waals surface area contributed by atoms with E-state index in [1.54, 1.807) is 0 Å². The Kier molecular flexibility index (Phi) is 5.50. The van der Waals surface area contributed by atoms with Crippen molar-refractivity contribution < 1.29 is 26.7 Å². The van der Waals surface area contributed by atoms with Crippen LogP contribution in [-0.2, 0) is 9.84 Å². The monoisotopic (exact) mass is 438 g/mol. The third kappa shape index (κ3) is 3.84. The van der Waals surface area contributed by atoms with Crippen molar-refractivity contribution in [3.05, 3.63) is 53.4 Å². The number of carbonyl (C=O) groups excluding carboxylic acids is 1. The second-order valence-electron chi connectivity index (χ2n) is 7.22. The molecule has 0 fully saturated rings. The Morgan fingerprint density at radius 2 is 2.00 bits per heavy atom. The van der Waals surface area contributed by atoms with Gasteiger partial charge in [-0.15, -0.1) is 0 Å². The van der Waals surface area contributed by atoms with Crippen LogP contribution in [0.15, 0.2) is 35.5 Å². The molecule has 1 amide bonds. The number of methoxy groups -OCH3 is 1. The van der Waals surface area contributed by atoms with Crippen molar-refractivity contribution in [2.24, 2.45) is 10.7 Å². The third-order valence-electron chi connectivity index (χ3n) is 4.94. The van der Waals surface area contributed by atoms with Crippen molar-refractivity contribution in [2.45, 2.75) is 24.6 Å². The number of carbonyl (C=O) groups is 1. The fourth-order valence-electron chi connectivity index (χ4n) is 2.85. The normalized spacial score (nSPS) is 19.6. The molecule has 160 valence electrons. The van der Waals surface area contributed by atoms with E-state index in [2.05, 4.69) is 15.3 Å². The number of hydrogen-bond donors (Lipinski definition) is 2. The van der Waals surface area contributed by atoms with Gasteiger partial charge in [-0.1, -0.05) is 0 Å². The summed E-state index contributed by atoms with van der Waals surface area (Å²) in [5, 5.41) is 2.41. The van der Waals surface area contributed by atoms with Gasteiger partial charge >= 0.3 is 0 Å². The maximum Gasteiger partial charge on any atom is 0.274 e. The summed E-state index contributed by atoms with van der Waals surface area (Å²) in [6.45, 7) is 2.79. The zero-order valence-corrected chi connectivity index (χ0v) is 17.3. The zero-order chi connectivity index (χ0) is 22.3. The molecule has 1 aromatic heterocycles. The third-order valence-corrected chi connectivity index (χ3v) is 7.46. The predicted molar refractivity (Wildman–Crippen MR) is 107 cm³/mol. The minimum atomic E-state index is -3.78. The number of nitrogens with two attached hydrogens (primary N) is 1. The summed E-state index contributed by atoms with van der Waals surface area (Å²) >= 11 is 0.